The number of rotatable bonds is 6. The van der Waals surface area contributed by atoms with Crippen molar-refractivity contribution in [3.05, 3.63) is 58.4 Å². The highest BCUT2D eigenvalue weighted by Gasteiger charge is 2.33. The minimum Gasteiger partial charge on any atom is -0.507 e. The molecule has 34 heavy (non-hydrogen) atoms. The summed E-state index contributed by atoms with van der Waals surface area (Å²) < 4.78 is 11.0. The maximum atomic E-state index is 12.9. The second kappa shape index (κ2) is 9.80. The van der Waals surface area contributed by atoms with Crippen LogP contribution in [0.1, 0.15) is 37.7 Å². The summed E-state index contributed by atoms with van der Waals surface area (Å²) in [5, 5.41) is 11.5. The number of aromatic hydroxyl groups is 1. The van der Waals surface area contributed by atoms with E-state index in [2.05, 4.69) is 16.8 Å². The number of nitrogens with zero attached hydrogens (tertiary/aromatic N) is 2. The third-order valence-electron chi connectivity index (χ3n) is 7.58. The fourth-order valence-electron chi connectivity index (χ4n) is 5.88. The van der Waals surface area contributed by atoms with Gasteiger partial charge in [0.25, 0.3) is 0 Å². The van der Waals surface area contributed by atoms with E-state index >= 15 is 0 Å². The molecule has 2 aromatic carbocycles. The van der Waals surface area contributed by atoms with Gasteiger partial charge in [-0.2, -0.15) is 0 Å². The smallest absolute Gasteiger partial charge is 0.344 e. The number of benzene rings is 2. The summed E-state index contributed by atoms with van der Waals surface area (Å²) in [7, 11) is 3.72. The van der Waals surface area contributed by atoms with Crippen molar-refractivity contribution in [2.24, 2.45) is 5.92 Å². The SMILES string of the molecule is COc1ccc(-c2cc3ccc(O)c(CN(C)C[C@@H]4CCCN5CCCC[C@H]45)c3oc2=O)cc1. The molecular formula is C28H34N2O4. The molecule has 6 heteroatoms. The Bertz CT molecular complexity index is 1200. The van der Waals surface area contributed by atoms with Crippen molar-refractivity contribution >= 4 is 11.0 Å². The number of phenols is 1. The van der Waals surface area contributed by atoms with Crippen molar-refractivity contribution in [2.75, 3.05) is 33.8 Å². The molecule has 2 aliphatic heterocycles. The Balaban J connectivity index is 1.39. The van der Waals surface area contributed by atoms with Gasteiger partial charge >= 0.3 is 5.63 Å². The highest BCUT2D eigenvalue weighted by Crippen LogP contribution is 2.33. The quantitative estimate of drug-likeness (QED) is 0.527. The Morgan fingerprint density at radius 2 is 1.88 bits per heavy atom. The van der Waals surface area contributed by atoms with Crippen LogP contribution >= 0.6 is 0 Å². The highest BCUT2D eigenvalue weighted by atomic mass is 16.5. The zero-order valence-electron chi connectivity index (χ0n) is 20.1. The lowest BCUT2D eigenvalue weighted by molar-refractivity contribution is 0.0434. The lowest BCUT2D eigenvalue weighted by Gasteiger charge is -2.45. The van der Waals surface area contributed by atoms with Crippen LogP contribution in [0.15, 0.2) is 51.7 Å². The minimum atomic E-state index is -0.405. The third-order valence-corrected chi connectivity index (χ3v) is 7.58. The number of piperidine rings is 2. The summed E-state index contributed by atoms with van der Waals surface area (Å²) in [4.78, 5) is 17.9. The van der Waals surface area contributed by atoms with Crippen molar-refractivity contribution in [2.45, 2.75) is 44.7 Å². The molecule has 0 saturated carbocycles. The Morgan fingerprint density at radius 1 is 1.09 bits per heavy atom. The first kappa shape index (κ1) is 22.9. The molecule has 0 aliphatic carbocycles. The van der Waals surface area contributed by atoms with Crippen LogP contribution in [0, 0.1) is 5.92 Å². The molecule has 2 fully saturated rings. The summed E-state index contributed by atoms with van der Waals surface area (Å²) in [6, 6.07) is 13.4. The van der Waals surface area contributed by atoms with Gasteiger partial charge in [-0.1, -0.05) is 18.6 Å². The van der Waals surface area contributed by atoms with E-state index < -0.39 is 5.63 Å². The molecule has 6 nitrogen and oxygen atoms in total. The molecule has 0 radical (unpaired) electrons. The van der Waals surface area contributed by atoms with Crippen LogP contribution in [-0.4, -0.2) is 54.7 Å². The van der Waals surface area contributed by atoms with E-state index in [0.717, 1.165) is 23.2 Å². The lowest BCUT2D eigenvalue weighted by Crippen LogP contribution is -2.50. The van der Waals surface area contributed by atoms with Crippen molar-refractivity contribution in [3.63, 3.8) is 0 Å². The summed E-state index contributed by atoms with van der Waals surface area (Å²) in [6.45, 7) is 3.98. The number of ether oxygens (including phenoxy) is 1. The zero-order chi connectivity index (χ0) is 23.7. The van der Waals surface area contributed by atoms with Crippen LogP contribution in [0.4, 0.5) is 0 Å². The van der Waals surface area contributed by atoms with Gasteiger partial charge in [-0.3, -0.25) is 0 Å². The molecule has 1 aromatic heterocycles. The number of fused-ring (bicyclic) bond motifs is 2. The van der Waals surface area contributed by atoms with Crippen LogP contribution in [0.2, 0.25) is 0 Å². The molecule has 0 amide bonds. The molecule has 1 N–H and O–H groups in total. The predicted molar refractivity (Wildman–Crippen MR) is 134 cm³/mol. The van der Waals surface area contributed by atoms with Crippen molar-refractivity contribution in [3.8, 4) is 22.6 Å². The van der Waals surface area contributed by atoms with Gasteiger partial charge in [0.15, 0.2) is 0 Å². The number of hydrogen-bond acceptors (Lipinski definition) is 6. The number of hydrogen-bond donors (Lipinski definition) is 1. The second-order valence-electron chi connectivity index (χ2n) is 9.86. The van der Waals surface area contributed by atoms with Gasteiger partial charge in [0.1, 0.15) is 17.1 Å². The van der Waals surface area contributed by atoms with Gasteiger partial charge in [-0.05, 0) is 87.6 Å². The number of phenolic OH excluding ortho intramolecular Hbond substituents is 1. The molecule has 2 saturated heterocycles. The zero-order valence-corrected chi connectivity index (χ0v) is 20.1. The van der Waals surface area contributed by atoms with Crippen LogP contribution in [0.25, 0.3) is 22.1 Å². The topological polar surface area (TPSA) is 66.2 Å². The minimum absolute atomic E-state index is 0.169. The molecule has 0 bridgehead atoms. The largest absolute Gasteiger partial charge is 0.507 e. The van der Waals surface area contributed by atoms with E-state index in [4.69, 9.17) is 9.15 Å². The highest BCUT2D eigenvalue weighted by molar-refractivity contribution is 5.85. The van der Waals surface area contributed by atoms with Gasteiger partial charge in [0.05, 0.1) is 18.2 Å². The Hall–Kier alpha value is -2.83. The van der Waals surface area contributed by atoms with Crippen molar-refractivity contribution < 1.29 is 14.3 Å². The van der Waals surface area contributed by atoms with Gasteiger partial charge in [0, 0.05) is 24.5 Å². The Kier molecular flexibility index (Phi) is 6.61. The fourth-order valence-corrected chi connectivity index (χ4v) is 5.88. The maximum Gasteiger partial charge on any atom is 0.344 e. The molecule has 0 spiro atoms. The van der Waals surface area contributed by atoms with Crippen LogP contribution in [-0.2, 0) is 6.54 Å². The summed E-state index contributed by atoms with van der Waals surface area (Å²) in [5.74, 6) is 1.55. The van der Waals surface area contributed by atoms with E-state index in [1.54, 1.807) is 13.2 Å². The van der Waals surface area contributed by atoms with Crippen molar-refractivity contribution in [1.82, 2.24) is 9.80 Å². The standard InChI is InChI=1S/C28H34N2O4/c1-29(17-21-6-5-15-30-14-4-3-7-25(21)30)18-24-26(31)13-10-20-16-23(28(32)34-27(20)24)19-8-11-22(33-2)12-9-19/h8-13,16,21,25,31H,3-7,14-15,17-18H2,1-2H3/t21-,25+/m0/s1. The molecule has 3 heterocycles. The molecule has 5 rings (SSSR count). The summed E-state index contributed by atoms with van der Waals surface area (Å²) in [5.41, 5.74) is 2.02. The molecular weight excluding hydrogens is 428 g/mol. The van der Waals surface area contributed by atoms with Crippen molar-refractivity contribution in [1.29, 1.82) is 0 Å². The third kappa shape index (κ3) is 4.57. The van der Waals surface area contributed by atoms with E-state index in [1.807, 2.05) is 36.4 Å². The average molecular weight is 463 g/mol. The van der Waals surface area contributed by atoms with E-state index in [0.29, 0.717) is 35.2 Å². The number of methoxy groups -OCH3 is 1. The summed E-state index contributed by atoms with van der Waals surface area (Å²) in [6.07, 6.45) is 6.46. The van der Waals surface area contributed by atoms with Crippen LogP contribution < -0.4 is 10.4 Å². The first-order chi connectivity index (χ1) is 16.5. The fraction of sp³-hybridized carbons (Fsp3) is 0.464. The molecule has 2 aliphatic rings. The molecule has 2 atom stereocenters. The van der Waals surface area contributed by atoms with Crippen LogP contribution in [0.5, 0.6) is 11.5 Å². The molecule has 3 aromatic rings. The summed E-state index contributed by atoms with van der Waals surface area (Å²) >= 11 is 0. The van der Waals surface area contributed by atoms with Gasteiger partial charge in [-0.25, -0.2) is 4.79 Å². The van der Waals surface area contributed by atoms with E-state index in [9.17, 15) is 9.90 Å². The Labute approximate surface area is 200 Å². The van der Waals surface area contributed by atoms with Gasteiger partial charge in [-0.15, -0.1) is 0 Å². The first-order valence-electron chi connectivity index (χ1n) is 12.4. The monoisotopic (exact) mass is 462 g/mol. The maximum absolute atomic E-state index is 12.9. The average Bonchev–Trinajstić information content (AvgIpc) is 2.86. The molecule has 180 valence electrons. The van der Waals surface area contributed by atoms with E-state index in [-0.39, 0.29) is 5.75 Å². The second-order valence-corrected chi connectivity index (χ2v) is 9.86. The lowest BCUT2D eigenvalue weighted by atomic mass is 9.83. The van der Waals surface area contributed by atoms with Crippen LogP contribution in [0.3, 0.4) is 0 Å². The molecule has 0 unspecified atom stereocenters. The Morgan fingerprint density at radius 3 is 2.68 bits per heavy atom. The van der Waals surface area contributed by atoms with E-state index in [1.165, 1.54) is 45.2 Å². The normalized spacial score (nSPS) is 21.0. The predicted octanol–water partition coefficient (Wildman–Crippen LogP) is 4.87. The first-order valence-corrected chi connectivity index (χ1v) is 12.4. The van der Waals surface area contributed by atoms with Gasteiger partial charge < -0.3 is 24.1 Å². The van der Waals surface area contributed by atoms with Gasteiger partial charge in [0.2, 0.25) is 0 Å².